The van der Waals surface area contributed by atoms with E-state index in [1.807, 2.05) is 12.1 Å². The van der Waals surface area contributed by atoms with E-state index in [0.29, 0.717) is 19.0 Å². The molecule has 1 aromatic rings. The third kappa shape index (κ3) is 1.55. The number of carbonyl (C=O) groups is 1. The molecule has 2 aliphatic heterocycles. The normalized spacial score (nSPS) is 19.0. The number of Topliss-reactive ketones (excluding diaryl/α,β-unsaturated/α-hetero) is 1. The Morgan fingerprint density at radius 2 is 1.94 bits per heavy atom. The van der Waals surface area contributed by atoms with Crippen LogP contribution in [0.25, 0.3) is 0 Å². The second-order valence-electron chi connectivity index (χ2n) is 4.08. The first-order valence-corrected chi connectivity index (χ1v) is 5.49. The molecule has 0 unspecified atom stereocenters. The first-order chi connectivity index (χ1) is 7.84. The molecule has 0 saturated carbocycles. The van der Waals surface area contributed by atoms with Crippen molar-refractivity contribution < 1.29 is 14.3 Å². The summed E-state index contributed by atoms with van der Waals surface area (Å²) in [6, 6.07) is 5.41. The summed E-state index contributed by atoms with van der Waals surface area (Å²) in [6.45, 7) is 2.70. The minimum absolute atomic E-state index is 0.127. The maximum Gasteiger partial charge on any atom is 0.168 e. The summed E-state index contributed by atoms with van der Waals surface area (Å²) in [6.07, 6.45) is 0. The number of rotatable bonds is 2. The minimum Gasteiger partial charge on any atom is -0.486 e. The lowest BCUT2D eigenvalue weighted by molar-refractivity contribution is 0.0877. The summed E-state index contributed by atoms with van der Waals surface area (Å²) in [5.74, 6) is 1.73. The molecule has 0 bridgehead atoms. The van der Waals surface area contributed by atoms with Gasteiger partial charge in [-0.2, -0.15) is 0 Å². The largest absolute Gasteiger partial charge is 0.486 e. The molecule has 0 radical (unpaired) electrons. The van der Waals surface area contributed by atoms with Crippen LogP contribution in [0.2, 0.25) is 0 Å². The molecule has 3 rings (SSSR count). The summed E-state index contributed by atoms with van der Waals surface area (Å²) < 4.78 is 10.9. The lowest BCUT2D eigenvalue weighted by Gasteiger charge is -2.26. The monoisotopic (exact) mass is 219 g/mol. The molecular weight excluding hydrogens is 206 g/mol. The minimum atomic E-state index is 0.127. The average molecular weight is 219 g/mol. The predicted octanol–water partition coefficient (Wildman–Crippen LogP) is 0.860. The Kier molecular flexibility index (Phi) is 2.29. The lowest BCUT2D eigenvalue weighted by atomic mass is 9.92. The molecule has 0 spiro atoms. The highest BCUT2D eigenvalue weighted by atomic mass is 16.6. The summed E-state index contributed by atoms with van der Waals surface area (Å²) in [5.41, 5.74) is 0.718. The molecule has 16 heavy (non-hydrogen) atoms. The van der Waals surface area contributed by atoms with E-state index in [-0.39, 0.29) is 11.7 Å². The Morgan fingerprint density at radius 1 is 1.19 bits per heavy atom. The number of ketones is 1. The molecular formula is C12H13NO3. The zero-order valence-corrected chi connectivity index (χ0v) is 8.86. The van der Waals surface area contributed by atoms with Crippen molar-refractivity contribution in [1.29, 1.82) is 0 Å². The van der Waals surface area contributed by atoms with Crippen LogP contribution in [0, 0.1) is 5.92 Å². The van der Waals surface area contributed by atoms with Gasteiger partial charge in [0.2, 0.25) is 0 Å². The fourth-order valence-corrected chi connectivity index (χ4v) is 1.91. The maximum absolute atomic E-state index is 12.0. The number of fused-ring (bicyclic) bond motifs is 1. The fourth-order valence-electron chi connectivity index (χ4n) is 1.91. The molecule has 1 aromatic carbocycles. The molecule has 4 nitrogen and oxygen atoms in total. The van der Waals surface area contributed by atoms with Gasteiger partial charge in [0.25, 0.3) is 0 Å². The standard InChI is InChI=1S/C12H13NO3/c14-12(9-6-13-7-9)8-1-2-10-11(5-8)16-4-3-15-10/h1-2,5,9,13H,3-4,6-7H2. The van der Waals surface area contributed by atoms with Gasteiger partial charge in [0.15, 0.2) is 17.3 Å². The molecule has 2 heterocycles. The van der Waals surface area contributed by atoms with Crippen LogP contribution in [-0.4, -0.2) is 32.1 Å². The van der Waals surface area contributed by atoms with Crippen LogP contribution in [0.15, 0.2) is 18.2 Å². The van der Waals surface area contributed by atoms with Crippen molar-refractivity contribution in [2.24, 2.45) is 5.92 Å². The van der Waals surface area contributed by atoms with Crippen molar-refractivity contribution in [3.63, 3.8) is 0 Å². The SMILES string of the molecule is O=C(c1ccc2c(c1)OCCO2)C1CNC1. The van der Waals surface area contributed by atoms with Gasteiger partial charge < -0.3 is 14.8 Å². The molecule has 0 aliphatic carbocycles. The molecule has 84 valence electrons. The Labute approximate surface area is 93.5 Å². The van der Waals surface area contributed by atoms with Crippen molar-refractivity contribution >= 4 is 5.78 Å². The fraction of sp³-hybridized carbons (Fsp3) is 0.417. The predicted molar refractivity (Wildman–Crippen MR) is 58.1 cm³/mol. The highest BCUT2D eigenvalue weighted by Gasteiger charge is 2.26. The first-order valence-electron chi connectivity index (χ1n) is 5.49. The van der Waals surface area contributed by atoms with Crippen molar-refractivity contribution in [2.45, 2.75) is 0 Å². The molecule has 4 heteroatoms. The van der Waals surface area contributed by atoms with Crippen LogP contribution in [0.3, 0.4) is 0 Å². The summed E-state index contributed by atoms with van der Waals surface area (Å²) in [7, 11) is 0. The zero-order chi connectivity index (χ0) is 11.0. The van der Waals surface area contributed by atoms with Gasteiger partial charge in [0.05, 0.1) is 0 Å². The highest BCUT2D eigenvalue weighted by molar-refractivity contribution is 5.99. The smallest absolute Gasteiger partial charge is 0.168 e. The van der Waals surface area contributed by atoms with Crippen molar-refractivity contribution in [1.82, 2.24) is 5.32 Å². The van der Waals surface area contributed by atoms with Crippen LogP contribution in [-0.2, 0) is 0 Å². The number of ether oxygens (including phenoxy) is 2. The van der Waals surface area contributed by atoms with E-state index in [1.165, 1.54) is 0 Å². The summed E-state index contributed by atoms with van der Waals surface area (Å²) in [4.78, 5) is 12.0. The van der Waals surface area contributed by atoms with Crippen LogP contribution < -0.4 is 14.8 Å². The van der Waals surface area contributed by atoms with Crippen molar-refractivity contribution in [3.05, 3.63) is 23.8 Å². The van der Waals surface area contributed by atoms with Crippen LogP contribution in [0.4, 0.5) is 0 Å². The van der Waals surface area contributed by atoms with E-state index >= 15 is 0 Å². The van der Waals surface area contributed by atoms with E-state index in [0.717, 1.165) is 24.4 Å². The second-order valence-corrected chi connectivity index (χ2v) is 4.08. The van der Waals surface area contributed by atoms with Gasteiger partial charge >= 0.3 is 0 Å². The van der Waals surface area contributed by atoms with Crippen LogP contribution >= 0.6 is 0 Å². The van der Waals surface area contributed by atoms with Gasteiger partial charge in [0.1, 0.15) is 13.2 Å². The van der Waals surface area contributed by atoms with Crippen molar-refractivity contribution in [3.8, 4) is 11.5 Å². The van der Waals surface area contributed by atoms with Crippen LogP contribution in [0.5, 0.6) is 11.5 Å². The third-order valence-electron chi connectivity index (χ3n) is 2.98. The van der Waals surface area contributed by atoms with E-state index < -0.39 is 0 Å². The van der Waals surface area contributed by atoms with Gasteiger partial charge in [0, 0.05) is 24.6 Å². The average Bonchev–Trinajstić information content (AvgIpc) is 2.26. The number of nitrogens with one attached hydrogen (secondary N) is 1. The topological polar surface area (TPSA) is 47.6 Å². The van der Waals surface area contributed by atoms with Crippen molar-refractivity contribution in [2.75, 3.05) is 26.3 Å². The number of carbonyl (C=O) groups excluding carboxylic acids is 1. The Hall–Kier alpha value is -1.55. The zero-order valence-electron chi connectivity index (χ0n) is 8.86. The van der Waals surface area contributed by atoms with Gasteiger partial charge in [-0.1, -0.05) is 0 Å². The van der Waals surface area contributed by atoms with E-state index in [1.54, 1.807) is 6.07 Å². The summed E-state index contributed by atoms with van der Waals surface area (Å²) >= 11 is 0. The van der Waals surface area contributed by atoms with Gasteiger partial charge in [-0.15, -0.1) is 0 Å². The number of hydrogen-bond donors (Lipinski definition) is 1. The molecule has 1 fully saturated rings. The quantitative estimate of drug-likeness (QED) is 0.749. The Balaban J connectivity index is 1.87. The van der Waals surface area contributed by atoms with E-state index in [4.69, 9.17) is 9.47 Å². The maximum atomic E-state index is 12.0. The highest BCUT2D eigenvalue weighted by Crippen LogP contribution is 2.31. The van der Waals surface area contributed by atoms with E-state index in [9.17, 15) is 4.79 Å². The molecule has 0 atom stereocenters. The van der Waals surface area contributed by atoms with Gasteiger partial charge in [-0.05, 0) is 18.2 Å². The lowest BCUT2D eigenvalue weighted by Crippen LogP contribution is -2.46. The Bertz CT molecular complexity index is 426. The third-order valence-corrected chi connectivity index (χ3v) is 2.98. The van der Waals surface area contributed by atoms with Gasteiger partial charge in [-0.3, -0.25) is 4.79 Å². The number of benzene rings is 1. The van der Waals surface area contributed by atoms with Crippen LogP contribution in [0.1, 0.15) is 10.4 Å². The Morgan fingerprint density at radius 3 is 2.62 bits per heavy atom. The molecule has 1 N–H and O–H groups in total. The molecule has 1 saturated heterocycles. The number of hydrogen-bond acceptors (Lipinski definition) is 4. The first kappa shape index (κ1) is 9.66. The second kappa shape index (κ2) is 3.79. The molecule has 2 aliphatic rings. The molecule has 0 aromatic heterocycles. The molecule has 0 amide bonds. The summed E-state index contributed by atoms with van der Waals surface area (Å²) in [5, 5.41) is 3.10. The van der Waals surface area contributed by atoms with Gasteiger partial charge in [-0.25, -0.2) is 0 Å². The van der Waals surface area contributed by atoms with E-state index in [2.05, 4.69) is 5.32 Å².